The monoisotopic (exact) mass is 304 g/mol. The van der Waals surface area contributed by atoms with Gasteiger partial charge in [0, 0.05) is 25.6 Å². The molecule has 1 rings (SSSR count). The summed E-state index contributed by atoms with van der Waals surface area (Å²) in [6, 6.07) is 5.45. The summed E-state index contributed by atoms with van der Waals surface area (Å²) in [7, 11) is 0. The Balaban J connectivity index is 2.74. The van der Waals surface area contributed by atoms with Crippen molar-refractivity contribution in [3.05, 3.63) is 29.8 Å². The second kappa shape index (κ2) is 7.31. The van der Waals surface area contributed by atoms with Gasteiger partial charge in [0.2, 0.25) is 5.91 Å². The quantitative estimate of drug-likeness (QED) is 0.878. The fourth-order valence-corrected chi connectivity index (χ4v) is 1.81. The third kappa shape index (κ3) is 6.03. The van der Waals surface area contributed by atoms with Gasteiger partial charge in [0.25, 0.3) is 0 Å². The van der Waals surface area contributed by atoms with Gasteiger partial charge in [-0.05, 0) is 17.7 Å². The van der Waals surface area contributed by atoms with Crippen molar-refractivity contribution in [1.82, 2.24) is 4.90 Å². The zero-order valence-electron chi connectivity index (χ0n) is 12.0. The Labute approximate surface area is 121 Å². The van der Waals surface area contributed by atoms with E-state index in [1.54, 1.807) is 18.7 Å². The van der Waals surface area contributed by atoms with E-state index in [0.717, 1.165) is 0 Å². The summed E-state index contributed by atoms with van der Waals surface area (Å²) < 4.78 is 40.0. The second-order valence-corrected chi connectivity index (χ2v) is 4.89. The van der Waals surface area contributed by atoms with Crippen LogP contribution in [0.2, 0.25) is 0 Å². The van der Waals surface area contributed by atoms with E-state index in [4.69, 9.17) is 5.73 Å². The van der Waals surface area contributed by atoms with Crippen molar-refractivity contribution < 1.29 is 22.7 Å². The summed E-state index contributed by atoms with van der Waals surface area (Å²) >= 11 is 0. The molecule has 0 aromatic heterocycles. The van der Waals surface area contributed by atoms with Gasteiger partial charge < -0.3 is 15.4 Å². The summed E-state index contributed by atoms with van der Waals surface area (Å²) in [6.07, 6.45) is -4.71. The van der Waals surface area contributed by atoms with Crippen LogP contribution in [0, 0.1) is 5.92 Å². The Morgan fingerprint density at radius 1 is 1.29 bits per heavy atom. The van der Waals surface area contributed by atoms with E-state index in [-0.39, 0.29) is 17.6 Å². The molecule has 1 amide bonds. The molecule has 0 saturated heterocycles. The Morgan fingerprint density at radius 2 is 1.86 bits per heavy atom. The Bertz CT molecular complexity index is 458. The maximum Gasteiger partial charge on any atom is 0.573 e. The normalized spacial score (nSPS) is 11.6. The van der Waals surface area contributed by atoms with Crippen LogP contribution in [0.15, 0.2) is 24.3 Å². The van der Waals surface area contributed by atoms with E-state index in [2.05, 4.69) is 4.74 Å². The molecule has 0 fully saturated rings. The second-order valence-electron chi connectivity index (χ2n) is 4.89. The molecule has 1 aromatic carbocycles. The molecule has 2 N–H and O–H groups in total. The van der Waals surface area contributed by atoms with Gasteiger partial charge in [-0.25, -0.2) is 0 Å². The third-order valence-corrected chi connectivity index (χ3v) is 2.73. The summed E-state index contributed by atoms with van der Waals surface area (Å²) in [6.45, 7) is 4.60. The minimum absolute atomic E-state index is 0.0453. The van der Waals surface area contributed by atoms with E-state index in [1.807, 2.05) is 0 Å². The molecule has 0 aliphatic carbocycles. The molecular formula is C14H19F3N2O2. The number of nitrogens with zero attached hydrogens (tertiary/aromatic N) is 1. The molecule has 0 bridgehead atoms. The van der Waals surface area contributed by atoms with Crippen LogP contribution < -0.4 is 10.5 Å². The molecule has 1 aromatic rings. The number of carbonyl (C=O) groups is 1. The van der Waals surface area contributed by atoms with E-state index in [1.165, 1.54) is 24.3 Å². The van der Waals surface area contributed by atoms with E-state index in [9.17, 15) is 18.0 Å². The fourth-order valence-electron chi connectivity index (χ4n) is 1.81. The molecule has 0 heterocycles. The van der Waals surface area contributed by atoms with Crippen LogP contribution in [0.3, 0.4) is 0 Å². The summed E-state index contributed by atoms with van der Waals surface area (Å²) in [5.41, 5.74) is 6.19. The van der Waals surface area contributed by atoms with Crippen LogP contribution in [-0.4, -0.2) is 30.3 Å². The summed E-state index contributed by atoms with van der Waals surface area (Å²) in [5, 5.41) is 0. The number of benzene rings is 1. The predicted octanol–water partition coefficient (Wildman–Crippen LogP) is 2.53. The smallest absolute Gasteiger partial charge is 0.406 e. The van der Waals surface area contributed by atoms with Crippen molar-refractivity contribution >= 4 is 5.91 Å². The number of alkyl halides is 3. The van der Waals surface area contributed by atoms with Crippen LogP contribution >= 0.6 is 0 Å². The van der Waals surface area contributed by atoms with Gasteiger partial charge in [0.15, 0.2) is 0 Å². The molecule has 0 unspecified atom stereocenters. The lowest BCUT2D eigenvalue weighted by molar-refractivity contribution is -0.274. The van der Waals surface area contributed by atoms with Crippen LogP contribution in [0.1, 0.15) is 19.4 Å². The lowest BCUT2D eigenvalue weighted by Gasteiger charge is -2.24. The topological polar surface area (TPSA) is 55.6 Å². The minimum Gasteiger partial charge on any atom is -0.406 e. The summed E-state index contributed by atoms with van der Waals surface area (Å²) in [4.78, 5) is 13.6. The first-order valence-electron chi connectivity index (χ1n) is 6.56. The number of amides is 1. The molecule has 21 heavy (non-hydrogen) atoms. The lowest BCUT2D eigenvalue weighted by Crippen LogP contribution is -2.37. The number of hydrogen-bond donors (Lipinski definition) is 1. The van der Waals surface area contributed by atoms with Crippen LogP contribution in [0.25, 0.3) is 0 Å². The SMILES string of the molecule is CC(C)C(=O)N(CCN)Cc1ccc(OC(F)(F)F)cc1. The molecule has 0 aliphatic rings. The number of halogens is 3. The highest BCUT2D eigenvalue weighted by molar-refractivity contribution is 5.78. The van der Waals surface area contributed by atoms with E-state index >= 15 is 0 Å². The maximum atomic E-state index is 12.1. The van der Waals surface area contributed by atoms with Crippen LogP contribution in [-0.2, 0) is 11.3 Å². The van der Waals surface area contributed by atoms with Gasteiger partial charge in [-0.1, -0.05) is 26.0 Å². The number of carbonyl (C=O) groups excluding carboxylic acids is 1. The van der Waals surface area contributed by atoms with Crippen molar-refractivity contribution in [2.24, 2.45) is 11.7 Å². The highest BCUT2D eigenvalue weighted by atomic mass is 19.4. The number of rotatable bonds is 6. The van der Waals surface area contributed by atoms with Crippen molar-refractivity contribution in [3.8, 4) is 5.75 Å². The average molecular weight is 304 g/mol. The van der Waals surface area contributed by atoms with Gasteiger partial charge in [-0.3, -0.25) is 4.79 Å². The Kier molecular flexibility index (Phi) is 6.02. The third-order valence-electron chi connectivity index (χ3n) is 2.73. The largest absolute Gasteiger partial charge is 0.573 e. The zero-order valence-corrected chi connectivity index (χ0v) is 12.0. The molecule has 0 radical (unpaired) electrons. The van der Waals surface area contributed by atoms with Crippen molar-refractivity contribution in [2.75, 3.05) is 13.1 Å². The standard InChI is InChI=1S/C14H19F3N2O2/c1-10(2)13(20)19(8-7-18)9-11-3-5-12(6-4-11)21-14(15,16)17/h3-6,10H,7-9,18H2,1-2H3. The van der Waals surface area contributed by atoms with Gasteiger partial charge in [0.05, 0.1) is 0 Å². The van der Waals surface area contributed by atoms with Crippen molar-refractivity contribution in [3.63, 3.8) is 0 Å². The lowest BCUT2D eigenvalue weighted by atomic mass is 10.1. The number of hydrogen-bond acceptors (Lipinski definition) is 3. The zero-order chi connectivity index (χ0) is 16.0. The van der Waals surface area contributed by atoms with Gasteiger partial charge in [-0.15, -0.1) is 13.2 Å². The minimum atomic E-state index is -4.71. The highest BCUT2D eigenvalue weighted by Gasteiger charge is 2.31. The van der Waals surface area contributed by atoms with Crippen LogP contribution in [0.5, 0.6) is 5.75 Å². The van der Waals surface area contributed by atoms with Gasteiger partial charge in [-0.2, -0.15) is 0 Å². The van der Waals surface area contributed by atoms with E-state index < -0.39 is 6.36 Å². The van der Waals surface area contributed by atoms with Crippen LogP contribution in [0.4, 0.5) is 13.2 Å². The highest BCUT2D eigenvalue weighted by Crippen LogP contribution is 2.23. The molecule has 0 saturated carbocycles. The average Bonchev–Trinajstić information content (AvgIpc) is 2.37. The van der Waals surface area contributed by atoms with Gasteiger partial charge >= 0.3 is 6.36 Å². The Morgan fingerprint density at radius 3 is 2.29 bits per heavy atom. The number of nitrogens with two attached hydrogens (primary N) is 1. The van der Waals surface area contributed by atoms with Crippen molar-refractivity contribution in [1.29, 1.82) is 0 Å². The molecule has 0 spiro atoms. The summed E-state index contributed by atoms with van der Waals surface area (Å²) in [5.74, 6) is -0.493. The number of ether oxygens (including phenoxy) is 1. The van der Waals surface area contributed by atoms with E-state index in [0.29, 0.717) is 25.2 Å². The first-order valence-corrected chi connectivity index (χ1v) is 6.56. The molecule has 7 heteroatoms. The Hall–Kier alpha value is -1.76. The molecule has 0 aliphatic heterocycles. The predicted molar refractivity (Wildman–Crippen MR) is 72.4 cm³/mol. The molecule has 118 valence electrons. The maximum absolute atomic E-state index is 12.1. The van der Waals surface area contributed by atoms with Crippen molar-refractivity contribution in [2.45, 2.75) is 26.8 Å². The first kappa shape index (κ1) is 17.3. The molecular weight excluding hydrogens is 285 g/mol. The molecule has 0 atom stereocenters. The molecule has 4 nitrogen and oxygen atoms in total. The first-order chi connectivity index (χ1) is 9.73. The van der Waals surface area contributed by atoms with Gasteiger partial charge in [0.1, 0.15) is 5.75 Å². The fraction of sp³-hybridized carbons (Fsp3) is 0.500.